The fourth-order valence-corrected chi connectivity index (χ4v) is 2.74. The molecule has 0 aromatic rings. The molecule has 0 radical (unpaired) electrons. The number of carbonyl (C=O) groups is 2. The fourth-order valence-electron chi connectivity index (χ4n) is 2.74. The van der Waals surface area contributed by atoms with E-state index >= 15 is 0 Å². The minimum absolute atomic E-state index is 0.0194. The molecular weight excluding hydrogens is 258 g/mol. The molecule has 0 spiro atoms. The zero-order valence-electron chi connectivity index (χ0n) is 12.4. The van der Waals surface area contributed by atoms with Gasteiger partial charge >= 0.3 is 0 Å². The molecule has 0 aromatic carbocycles. The molecule has 2 rings (SSSR count). The van der Waals surface area contributed by atoms with Crippen LogP contribution in [-0.2, 0) is 14.3 Å². The molecule has 2 fully saturated rings. The minimum atomic E-state index is -0.473. The molecule has 2 saturated heterocycles. The highest BCUT2D eigenvalue weighted by Gasteiger charge is 2.36. The van der Waals surface area contributed by atoms with Gasteiger partial charge in [0, 0.05) is 19.6 Å². The van der Waals surface area contributed by atoms with Crippen molar-refractivity contribution in [2.24, 2.45) is 5.41 Å². The molecule has 20 heavy (non-hydrogen) atoms. The fraction of sp³-hybridized carbons (Fsp3) is 0.857. The number of ether oxygens (including phenoxy) is 1. The highest BCUT2D eigenvalue weighted by Crippen LogP contribution is 2.25. The summed E-state index contributed by atoms with van der Waals surface area (Å²) < 4.78 is 5.23. The molecule has 2 aliphatic rings. The normalized spacial score (nSPS) is 28.8. The van der Waals surface area contributed by atoms with Crippen molar-refractivity contribution in [1.82, 2.24) is 15.5 Å². The van der Waals surface area contributed by atoms with Crippen LogP contribution in [0.1, 0.15) is 26.7 Å². The number of piperidine rings is 1. The Morgan fingerprint density at radius 1 is 1.35 bits per heavy atom. The second-order valence-electron chi connectivity index (χ2n) is 5.97. The van der Waals surface area contributed by atoms with Crippen LogP contribution in [0.3, 0.4) is 0 Å². The van der Waals surface area contributed by atoms with Gasteiger partial charge in [-0.15, -0.1) is 0 Å². The van der Waals surface area contributed by atoms with E-state index in [0.29, 0.717) is 32.8 Å². The summed E-state index contributed by atoms with van der Waals surface area (Å²) in [5, 5.41) is 6.13. The van der Waals surface area contributed by atoms with Crippen LogP contribution < -0.4 is 10.6 Å². The number of nitrogens with one attached hydrogen (secondary N) is 2. The smallest absolute Gasteiger partial charge is 0.245 e. The van der Waals surface area contributed by atoms with E-state index in [1.807, 2.05) is 6.92 Å². The van der Waals surface area contributed by atoms with E-state index in [-0.39, 0.29) is 11.8 Å². The minimum Gasteiger partial charge on any atom is -0.378 e. The molecule has 2 aliphatic heterocycles. The third-order valence-corrected chi connectivity index (χ3v) is 4.19. The Morgan fingerprint density at radius 2 is 2.05 bits per heavy atom. The lowest BCUT2D eigenvalue weighted by atomic mass is 9.81. The number of morpholine rings is 1. The van der Waals surface area contributed by atoms with Gasteiger partial charge in [-0.1, -0.05) is 0 Å². The molecule has 0 aromatic heterocycles. The predicted molar refractivity (Wildman–Crippen MR) is 75.2 cm³/mol. The summed E-state index contributed by atoms with van der Waals surface area (Å²) in [5.74, 6) is -0.0483. The first-order valence-electron chi connectivity index (χ1n) is 7.41. The summed E-state index contributed by atoms with van der Waals surface area (Å²) in [6.07, 6.45) is 1.86. The number of carbonyl (C=O) groups excluding carboxylic acids is 2. The van der Waals surface area contributed by atoms with Crippen LogP contribution in [0.2, 0.25) is 0 Å². The molecule has 0 bridgehead atoms. The van der Waals surface area contributed by atoms with Gasteiger partial charge in [0.05, 0.1) is 18.6 Å². The van der Waals surface area contributed by atoms with Gasteiger partial charge in [-0.3, -0.25) is 9.59 Å². The highest BCUT2D eigenvalue weighted by atomic mass is 16.5. The monoisotopic (exact) mass is 283 g/mol. The first-order chi connectivity index (χ1) is 9.53. The third-order valence-electron chi connectivity index (χ3n) is 4.19. The van der Waals surface area contributed by atoms with Gasteiger partial charge in [-0.25, -0.2) is 0 Å². The zero-order chi connectivity index (χ0) is 14.6. The molecular formula is C14H25N3O3. The molecule has 0 aliphatic carbocycles. The molecule has 6 nitrogen and oxygen atoms in total. The Hall–Kier alpha value is -1.14. The van der Waals surface area contributed by atoms with E-state index in [1.54, 1.807) is 11.8 Å². The van der Waals surface area contributed by atoms with Crippen LogP contribution in [-0.4, -0.2) is 62.1 Å². The average Bonchev–Trinajstić information content (AvgIpc) is 2.48. The van der Waals surface area contributed by atoms with Gasteiger partial charge in [0.1, 0.15) is 6.04 Å². The van der Waals surface area contributed by atoms with Crippen LogP contribution in [0, 0.1) is 5.41 Å². The molecule has 2 atom stereocenters. The number of nitrogens with zero attached hydrogens (tertiary/aromatic N) is 1. The summed E-state index contributed by atoms with van der Waals surface area (Å²) in [6, 6.07) is -0.473. The van der Waals surface area contributed by atoms with Crippen molar-refractivity contribution >= 4 is 11.8 Å². The van der Waals surface area contributed by atoms with Gasteiger partial charge in [0.2, 0.25) is 11.8 Å². The summed E-state index contributed by atoms with van der Waals surface area (Å²) in [7, 11) is 0. The Balaban J connectivity index is 1.87. The SMILES string of the molecule is CC(NC(=O)C1(C)CCCNC1)C(=O)N1CCOCC1. The standard InChI is InChI=1S/C14H25N3O3/c1-11(12(18)17-6-8-20-9-7-17)16-13(19)14(2)4-3-5-15-10-14/h11,15H,3-10H2,1-2H3,(H,16,19). The largest absolute Gasteiger partial charge is 0.378 e. The Morgan fingerprint density at radius 3 is 2.65 bits per heavy atom. The molecule has 2 unspecified atom stereocenters. The molecule has 2 heterocycles. The molecule has 6 heteroatoms. The van der Waals surface area contributed by atoms with E-state index < -0.39 is 11.5 Å². The average molecular weight is 283 g/mol. The summed E-state index contributed by atoms with van der Waals surface area (Å²) >= 11 is 0. The molecule has 114 valence electrons. The van der Waals surface area contributed by atoms with Crippen LogP contribution >= 0.6 is 0 Å². The number of rotatable bonds is 3. The van der Waals surface area contributed by atoms with Crippen LogP contribution in [0.15, 0.2) is 0 Å². The van der Waals surface area contributed by atoms with E-state index in [0.717, 1.165) is 19.4 Å². The van der Waals surface area contributed by atoms with Crippen LogP contribution in [0.4, 0.5) is 0 Å². The number of amides is 2. The van der Waals surface area contributed by atoms with Gasteiger partial charge in [-0.2, -0.15) is 0 Å². The van der Waals surface area contributed by atoms with Crippen molar-refractivity contribution in [3.8, 4) is 0 Å². The van der Waals surface area contributed by atoms with E-state index in [2.05, 4.69) is 10.6 Å². The van der Waals surface area contributed by atoms with E-state index in [1.165, 1.54) is 0 Å². The maximum absolute atomic E-state index is 12.4. The van der Waals surface area contributed by atoms with Crippen molar-refractivity contribution < 1.29 is 14.3 Å². The van der Waals surface area contributed by atoms with Crippen molar-refractivity contribution in [2.75, 3.05) is 39.4 Å². The molecule has 0 saturated carbocycles. The van der Waals surface area contributed by atoms with Crippen molar-refractivity contribution in [2.45, 2.75) is 32.7 Å². The lowest BCUT2D eigenvalue weighted by molar-refractivity contribution is -0.141. The first-order valence-corrected chi connectivity index (χ1v) is 7.41. The Labute approximate surface area is 120 Å². The van der Waals surface area contributed by atoms with Crippen molar-refractivity contribution in [3.05, 3.63) is 0 Å². The first kappa shape index (κ1) is 15.3. The predicted octanol–water partition coefficient (Wildman–Crippen LogP) is -0.260. The zero-order valence-corrected chi connectivity index (χ0v) is 12.4. The number of hydrogen-bond donors (Lipinski definition) is 2. The molecule has 2 amide bonds. The van der Waals surface area contributed by atoms with Crippen LogP contribution in [0.5, 0.6) is 0 Å². The second-order valence-corrected chi connectivity index (χ2v) is 5.97. The van der Waals surface area contributed by atoms with Gasteiger partial charge in [0.15, 0.2) is 0 Å². The third kappa shape index (κ3) is 3.49. The van der Waals surface area contributed by atoms with Gasteiger partial charge in [0.25, 0.3) is 0 Å². The summed E-state index contributed by atoms with van der Waals surface area (Å²) in [4.78, 5) is 26.4. The lowest BCUT2D eigenvalue weighted by Gasteiger charge is -2.35. The summed E-state index contributed by atoms with van der Waals surface area (Å²) in [6.45, 7) is 7.73. The Bertz CT molecular complexity index is 361. The van der Waals surface area contributed by atoms with E-state index in [9.17, 15) is 9.59 Å². The summed E-state index contributed by atoms with van der Waals surface area (Å²) in [5.41, 5.74) is -0.405. The number of hydrogen-bond acceptors (Lipinski definition) is 4. The van der Waals surface area contributed by atoms with Gasteiger partial charge in [-0.05, 0) is 33.2 Å². The quantitative estimate of drug-likeness (QED) is 0.749. The van der Waals surface area contributed by atoms with Crippen LogP contribution in [0.25, 0.3) is 0 Å². The molecule has 2 N–H and O–H groups in total. The maximum Gasteiger partial charge on any atom is 0.245 e. The Kier molecular flexibility index (Phi) is 4.99. The van der Waals surface area contributed by atoms with Gasteiger partial charge < -0.3 is 20.3 Å². The van der Waals surface area contributed by atoms with Crippen molar-refractivity contribution in [3.63, 3.8) is 0 Å². The second kappa shape index (κ2) is 6.54. The van der Waals surface area contributed by atoms with E-state index in [4.69, 9.17) is 4.74 Å². The maximum atomic E-state index is 12.4. The topological polar surface area (TPSA) is 70.7 Å². The lowest BCUT2D eigenvalue weighted by Crippen LogP contribution is -2.55. The van der Waals surface area contributed by atoms with Crippen molar-refractivity contribution in [1.29, 1.82) is 0 Å². The highest BCUT2D eigenvalue weighted by molar-refractivity contribution is 5.90.